The summed E-state index contributed by atoms with van der Waals surface area (Å²) in [6, 6.07) is 16.3. The third-order valence-corrected chi connectivity index (χ3v) is 7.94. The van der Waals surface area contributed by atoms with E-state index >= 15 is 4.39 Å². The topological polar surface area (TPSA) is 95.5 Å². The average molecular weight is 533 g/mol. The first kappa shape index (κ1) is 27.6. The first-order valence-electron chi connectivity index (χ1n) is 11.6. The first-order chi connectivity index (χ1) is 17.1. The van der Waals surface area contributed by atoms with Crippen LogP contribution in [0.15, 0.2) is 71.6 Å². The maximum atomic E-state index is 15.2. The van der Waals surface area contributed by atoms with Crippen molar-refractivity contribution in [3.05, 3.63) is 94.3 Å². The van der Waals surface area contributed by atoms with Gasteiger partial charge in [-0.1, -0.05) is 50.6 Å². The Morgan fingerprint density at radius 3 is 2.19 bits per heavy atom. The van der Waals surface area contributed by atoms with Crippen LogP contribution in [0.2, 0.25) is 5.02 Å². The minimum atomic E-state index is -3.36. The van der Waals surface area contributed by atoms with Gasteiger partial charge in [0.15, 0.2) is 9.84 Å². The van der Waals surface area contributed by atoms with Crippen molar-refractivity contribution in [3.63, 3.8) is 0 Å². The minimum Gasteiger partial charge on any atom is -0.394 e. The molecule has 0 heterocycles. The molecule has 36 heavy (non-hydrogen) atoms. The van der Waals surface area contributed by atoms with E-state index in [0.29, 0.717) is 16.1 Å². The van der Waals surface area contributed by atoms with Crippen LogP contribution in [0.5, 0.6) is 0 Å². The molecule has 6 nitrogen and oxygen atoms in total. The fraction of sp³-hybridized carbons (Fsp3) is 0.296. The van der Waals surface area contributed by atoms with Crippen molar-refractivity contribution in [2.75, 3.05) is 17.7 Å². The summed E-state index contributed by atoms with van der Waals surface area (Å²) in [5, 5.41) is 16.4. The highest BCUT2D eigenvalue weighted by atomic mass is 35.5. The van der Waals surface area contributed by atoms with Gasteiger partial charge in [-0.25, -0.2) is 12.8 Å². The Balaban J connectivity index is 1.77. The second-order valence-electron chi connectivity index (χ2n) is 8.79. The van der Waals surface area contributed by atoms with Crippen LogP contribution >= 0.6 is 11.6 Å². The lowest BCUT2D eigenvalue weighted by Gasteiger charge is -2.25. The lowest BCUT2D eigenvalue weighted by molar-refractivity contribution is 0.0915. The summed E-state index contributed by atoms with van der Waals surface area (Å²) >= 11 is 5.95. The number of hydrogen-bond donors (Lipinski definition) is 3. The van der Waals surface area contributed by atoms with Gasteiger partial charge in [-0.3, -0.25) is 4.79 Å². The van der Waals surface area contributed by atoms with E-state index in [9.17, 15) is 18.3 Å². The molecule has 0 aliphatic carbocycles. The number of sulfone groups is 1. The van der Waals surface area contributed by atoms with E-state index < -0.39 is 34.2 Å². The molecule has 0 aromatic heterocycles. The molecule has 0 fully saturated rings. The quantitative estimate of drug-likeness (QED) is 0.318. The number of carbonyl (C=O) groups is 1. The molecule has 3 rings (SSSR count). The number of benzene rings is 3. The summed E-state index contributed by atoms with van der Waals surface area (Å²) in [4.78, 5) is 13.0. The fourth-order valence-electron chi connectivity index (χ4n) is 3.80. The van der Waals surface area contributed by atoms with Crippen LogP contribution in [-0.2, 0) is 9.84 Å². The number of amides is 1. The lowest BCUT2D eigenvalue weighted by Crippen LogP contribution is -2.31. The van der Waals surface area contributed by atoms with Gasteiger partial charge in [0.1, 0.15) is 5.82 Å². The van der Waals surface area contributed by atoms with Crippen LogP contribution in [0.4, 0.5) is 10.1 Å². The highest BCUT2D eigenvalue weighted by Crippen LogP contribution is 2.30. The van der Waals surface area contributed by atoms with E-state index in [1.54, 1.807) is 37.3 Å². The lowest BCUT2D eigenvalue weighted by atomic mass is 9.94. The Morgan fingerprint density at radius 1 is 1.03 bits per heavy atom. The Kier molecular flexibility index (Phi) is 9.11. The van der Waals surface area contributed by atoms with Gasteiger partial charge in [0.2, 0.25) is 0 Å². The fourth-order valence-corrected chi connectivity index (χ4v) is 4.81. The van der Waals surface area contributed by atoms with Gasteiger partial charge in [0.25, 0.3) is 5.91 Å². The number of halogens is 2. The van der Waals surface area contributed by atoms with Crippen molar-refractivity contribution in [2.45, 2.75) is 37.8 Å². The number of nitrogens with one attached hydrogen (secondary N) is 2. The number of aliphatic hydroxyl groups is 1. The number of aliphatic hydroxyl groups excluding tert-OH is 1. The SMILES string of the molecule is CCS(=O)(=O)c1ccc([C@H](CO)NC(=O)c2ccc(C(Nc3ccc(Cl)cc3)C(C)C)c(F)c2)cc1. The van der Waals surface area contributed by atoms with E-state index in [2.05, 4.69) is 10.6 Å². The van der Waals surface area contributed by atoms with Gasteiger partial charge in [-0.05, 0) is 60.0 Å². The van der Waals surface area contributed by atoms with E-state index in [-0.39, 0.29) is 28.2 Å². The molecule has 192 valence electrons. The van der Waals surface area contributed by atoms with Crippen LogP contribution in [-0.4, -0.2) is 31.8 Å². The molecule has 0 bridgehead atoms. The predicted molar refractivity (Wildman–Crippen MR) is 141 cm³/mol. The maximum absolute atomic E-state index is 15.2. The third-order valence-electron chi connectivity index (χ3n) is 5.94. The normalized spacial score (nSPS) is 13.3. The van der Waals surface area contributed by atoms with Crippen LogP contribution in [0.25, 0.3) is 0 Å². The highest BCUT2D eigenvalue weighted by molar-refractivity contribution is 7.91. The molecule has 3 aromatic rings. The third kappa shape index (κ3) is 6.63. The summed E-state index contributed by atoms with van der Waals surface area (Å²) in [5.74, 6) is -1.07. The molecule has 0 saturated carbocycles. The molecule has 0 aliphatic rings. The van der Waals surface area contributed by atoms with Gasteiger partial charge in [0.05, 0.1) is 29.3 Å². The zero-order chi connectivity index (χ0) is 26.5. The monoisotopic (exact) mass is 532 g/mol. The largest absolute Gasteiger partial charge is 0.394 e. The van der Waals surface area contributed by atoms with E-state index in [4.69, 9.17) is 11.6 Å². The zero-order valence-corrected chi connectivity index (χ0v) is 21.9. The van der Waals surface area contributed by atoms with E-state index in [1.165, 1.54) is 24.3 Å². The van der Waals surface area contributed by atoms with Crippen LogP contribution < -0.4 is 10.6 Å². The van der Waals surface area contributed by atoms with E-state index in [1.807, 2.05) is 26.0 Å². The standard InChI is InChI=1S/C27H30ClFN2O4S/c1-4-36(34,35)22-12-5-18(6-13-22)25(16-32)31-27(33)19-7-14-23(24(29)15-19)26(17(2)3)30-21-10-8-20(28)9-11-21/h5-15,17,25-26,30,32H,4,16H2,1-3H3,(H,31,33)/t25-,26?/m0/s1. The molecule has 3 N–H and O–H groups in total. The molecule has 0 aliphatic heterocycles. The number of rotatable bonds is 10. The molecular weight excluding hydrogens is 503 g/mol. The smallest absolute Gasteiger partial charge is 0.251 e. The van der Waals surface area contributed by atoms with Crippen molar-refractivity contribution >= 4 is 33.0 Å². The second kappa shape index (κ2) is 11.9. The molecule has 1 unspecified atom stereocenters. The van der Waals surface area contributed by atoms with Crippen LogP contribution in [0.1, 0.15) is 54.3 Å². The Hall–Kier alpha value is -2.94. The van der Waals surface area contributed by atoms with Gasteiger partial charge < -0.3 is 15.7 Å². The first-order valence-corrected chi connectivity index (χ1v) is 13.6. The molecule has 3 aromatic carbocycles. The number of carbonyl (C=O) groups excluding carboxylic acids is 1. The predicted octanol–water partition coefficient (Wildman–Crippen LogP) is 5.55. The van der Waals surface area contributed by atoms with Gasteiger partial charge in [0, 0.05) is 21.8 Å². The molecule has 2 atom stereocenters. The van der Waals surface area contributed by atoms with E-state index in [0.717, 1.165) is 5.69 Å². The van der Waals surface area contributed by atoms with Crippen molar-refractivity contribution in [1.29, 1.82) is 0 Å². The average Bonchev–Trinajstić information content (AvgIpc) is 2.87. The summed E-state index contributed by atoms with van der Waals surface area (Å²) in [6.45, 7) is 5.08. The summed E-state index contributed by atoms with van der Waals surface area (Å²) in [5.41, 5.74) is 1.85. The Morgan fingerprint density at radius 2 is 1.67 bits per heavy atom. The summed E-state index contributed by atoms with van der Waals surface area (Å²) in [7, 11) is -3.36. The molecule has 0 spiro atoms. The second-order valence-corrected chi connectivity index (χ2v) is 11.5. The number of hydrogen-bond acceptors (Lipinski definition) is 5. The molecule has 0 saturated heterocycles. The van der Waals surface area contributed by atoms with Gasteiger partial charge >= 0.3 is 0 Å². The van der Waals surface area contributed by atoms with Crippen molar-refractivity contribution < 1.29 is 22.7 Å². The van der Waals surface area contributed by atoms with Crippen molar-refractivity contribution in [2.24, 2.45) is 5.92 Å². The molecule has 9 heteroatoms. The van der Waals surface area contributed by atoms with Crippen molar-refractivity contribution in [3.8, 4) is 0 Å². The maximum Gasteiger partial charge on any atom is 0.251 e. The molecule has 1 amide bonds. The summed E-state index contributed by atoms with van der Waals surface area (Å²) in [6.07, 6.45) is 0. The summed E-state index contributed by atoms with van der Waals surface area (Å²) < 4.78 is 39.2. The van der Waals surface area contributed by atoms with Gasteiger partial charge in [-0.2, -0.15) is 0 Å². The minimum absolute atomic E-state index is 0.0268. The Bertz CT molecular complexity index is 1300. The van der Waals surface area contributed by atoms with Crippen LogP contribution in [0, 0.1) is 11.7 Å². The Labute approximate surface area is 216 Å². The number of anilines is 1. The van der Waals surface area contributed by atoms with Crippen LogP contribution in [0.3, 0.4) is 0 Å². The molecule has 0 radical (unpaired) electrons. The van der Waals surface area contributed by atoms with Gasteiger partial charge in [-0.15, -0.1) is 0 Å². The molecular formula is C27H30ClFN2O4S. The highest BCUT2D eigenvalue weighted by Gasteiger charge is 2.22. The van der Waals surface area contributed by atoms with Crippen molar-refractivity contribution in [1.82, 2.24) is 5.32 Å². The zero-order valence-electron chi connectivity index (χ0n) is 20.3.